The van der Waals surface area contributed by atoms with Gasteiger partial charge in [0.2, 0.25) is 0 Å². The summed E-state index contributed by atoms with van der Waals surface area (Å²) in [5.74, 6) is 0. The molecule has 0 atom stereocenters. The van der Waals surface area contributed by atoms with Crippen molar-refractivity contribution < 1.29 is 30.9 Å². The Bertz CT molecular complexity index is 805. The molecule has 25 heavy (non-hydrogen) atoms. The summed E-state index contributed by atoms with van der Waals surface area (Å²) in [6.45, 7) is 0.933. The summed E-state index contributed by atoms with van der Waals surface area (Å²) in [5, 5.41) is 0. The Hall–Kier alpha value is -2.33. The van der Waals surface area contributed by atoms with Gasteiger partial charge in [-0.05, 0) is 36.1 Å². The van der Waals surface area contributed by atoms with Crippen LogP contribution in [0.25, 0.3) is 6.08 Å². The highest BCUT2D eigenvalue weighted by atomic mass is 32.2. The average molecular weight is 378 g/mol. The molecule has 0 radical (unpaired) electrons. The first kappa shape index (κ1) is 20.7. The van der Waals surface area contributed by atoms with Crippen LogP contribution in [0.5, 0.6) is 0 Å². The summed E-state index contributed by atoms with van der Waals surface area (Å²) in [7, 11) is -1.91. The molecule has 0 aliphatic carbocycles. The van der Waals surface area contributed by atoms with Crippen molar-refractivity contribution in [2.45, 2.75) is 5.51 Å². The quantitative estimate of drug-likeness (QED) is 0.497. The smallest absolute Gasteiger partial charge is 0.377 e. The number of allylic oxidation sites excluding steroid dienone is 3. The molecule has 6 nitrogen and oxygen atoms in total. The minimum absolute atomic E-state index is 0.692. The third-order valence-electron chi connectivity index (χ3n) is 3.20. The number of aldehydes is 1. The van der Waals surface area contributed by atoms with Crippen LogP contribution in [0.1, 0.15) is 16.2 Å². The van der Waals surface area contributed by atoms with Crippen molar-refractivity contribution in [3.63, 3.8) is 0 Å². The van der Waals surface area contributed by atoms with E-state index in [1.54, 1.807) is 0 Å². The summed E-state index contributed by atoms with van der Waals surface area (Å²) >= 11 is 0. The molecule has 0 spiro atoms. The number of nitrogens with zero attached hydrogens (tertiary/aromatic N) is 2. The molecule has 2 rings (SSSR count). The van der Waals surface area contributed by atoms with E-state index < -0.39 is 15.6 Å². The Balaban J connectivity index is 0.000000333. The van der Waals surface area contributed by atoms with Gasteiger partial charge < -0.3 is 9.47 Å². The van der Waals surface area contributed by atoms with Crippen molar-refractivity contribution in [1.29, 1.82) is 0 Å². The standard InChI is InChI=1S/C14H16N2O.CHF3O3S/c1-15-9-7-12(8-10-15)3-4-13-5-6-14(11-17)16(13)2;2-1(3,4)8(5,6)7/h3-9,11H,10H2,1-2H3;(H,5,6,7). The lowest BCUT2D eigenvalue weighted by molar-refractivity contribution is -0.0510. The van der Waals surface area contributed by atoms with Crippen LogP contribution < -0.4 is 0 Å². The summed E-state index contributed by atoms with van der Waals surface area (Å²) < 4.78 is 59.4. The van der Waals surface area contributed by atoms with Crippen molar-refractivity contribution in [1.82, 2.24) is 9.47 Å². The van der Waals surface area contributed by atoms with Crippen molar-refractivity contribution in [3.8, 4) is 0 Å². The third kappa shape index (κ3) is 6.24. The molecule has 0 amide bonds. The molecular formula is C15H17F3N2O4S. The van der Waals surface area contributed by atoms with E-state index in [0.717, 1.165) is 18.5 Å². The molecule has 0 saturated carbocycles. The van der Waals surface area contributed by atoms with Crippen LogP contribution in [0.4, 0.5) is 13.2 Å². The highest BCUT2D eigenvalue weighted by Gasteiger charge is 2.44. The minimum atomic E-state index is -5.84. The van der Waals surface area contributed by atoms with Gasteiger partial charge in [-0.25, -0.2) is 0 Å². The maximum absolute atomic E-state index is 10.7. The van der Waals surface area contributed by atoms with Gasteiger partial charge in [-0.1, -0.05) is 12.2 Å². The summed E-state index contributed by atoms with van der Waals surface area (Å²) in [6.07, 6.45) is 11.2. The molecule has 0 aromatic carbocycles. The number of likely N-dealkylation sites (N-methyl/N-ethyl adjacent to an activating group) is 1. The Morgan fingerprint density at radius 1 is 1.16 bits per heavy atom. The number of hydrogen-bond acceptors (Lipinski definition) is 4. The Morgan fingerprint density at radius 2 is 1.72 bits per heavy atom. The number of rotatable bonds is 3. The van der Waals surface area contributed by atoms with Crippen LogP contribution in [-0.2, 0) is 17.2 Å². The fraction of sp³-hybridized carbons (Fsp3) is 0.267. The van der Waals surface area contributed by atoms with Gasteiger partial charge in [-0.2, -0.15) is 21.6 Å². The van der Waals surface area contributed by atoms with E-state index in [-0.39, 0.29) is 0 Å². The monoisotopic (exact) mass is 378 g/mol. The van der Waals surface area contributed by atoms with Crippen molar-refractivity contribution >= 4 is 22.5 Å². The first-order chi connectivity index (χ1) is 11.5. The van der Waals surface area contributed by atoms with Crippen molar-refractivity contribution in [2.24, 2.45) is 7.05 Å². The SMILES string of the molecule is CN1C=CC(C=Cc2ccc(C=O)n2C)=CC1.O=S(=O)(O)C(F)(F)F. The lowest BCUT2D eigenvalue weighted by Gasteiger charge is -2.15. The number of halogens is 3. The third-order valence-corrected chi connectivity index (χ3v) is 3.78. The largest absolute Gasteiger partial charge is 0.522 e. The lowest BCUT2D eigenvalue weighted by atomic mass is 10.1. The zero-order valence-corrected chi connectivity index (χ0v) is 14.3. The van der Waals surface area contributed by atoms with Gasteiger partial charge in [0.15, 0.2) is 6.29 Å². The highest BCUT2D eigenvalue weighted by molar-refractivity contribution is 7.86. The molecular weight excluding hydrogens is 361 g/mol. The molecule has 10 heteroatoms. The van der Waals surface area contributed by atoms with Crippen LogP contribution in [0, 0.1) is 0 Å². The average Bonchev–Trinajstić information content (AvgIpc) is 2.85. The van der Waals surface area contributed by atoms with E-state index in [2.05, 4.69) is 29.3 Å². The van der Waals surface area contributed by atoms with Crippen LogP contribution in [0.2, 0.25) is 0 Å². The predicted octanol–water partition coefficient (Wildman–Crippen LogP) is 2.63. The second-order valence-electron chi connectivity index (χ2n) is 5.07. The molecule has 0 saturated heterocycles. The molecule has 1 aromatic heterocycles. The maximum atomic E-state index is 10.7. The Labute approximate surface area is 143 Å². The van der Waals surface area contributed by atoms with E-state index in [9.17, 15) is 18.0 Å². The molecule has 138 valence electrons. The van der Waals surface area contributed by atoms with Crippen molar-refractivity contribution in [2.75, 3.05) is 13.6 Å². The summed E-state index contributed by atoms with van der Waals surface area (Å²) in [5.41, 5.74) is -2.62. The van der Waals surface area contributed by atoms with Gasteiger partial charge in [0.25, 0.3) is 0 Å². The van der Waals surface area contributed by atoms with Gasteiger partial charge >= 0.3 is 15.6 Å². The normalized spacial score (nSPS) is 15.0. The van der Waals surface area contributed by atoms with Crippen LogP contribution >= 0.6 is 0 Å². The van der Waals surface area contributed by atoms with Crippen LogP contribution in [-0.4, -0.2) is 47.8 Å². The number of alkyl halides is 3. The van der Waals surface area contributed by atoms with Crippen LogP contribution in [0.3, 0.4) is 0 Å². The second kappa shape index (κ2) is 8.17. The predicted molar refractivity (Wildman–Crippen MR) is 87.3 cm³/mol. The summed E-state index contributed by atoms with van der Waals surface area (Å²) in [6, 6.07) is 3.77. The zero-order valence-electron chi connectivity index (χ0n) is 13.4. The topological polar surface area (TPSA) is 79.6 Å². The first-order valence-electron chi connectivity index (χ1n) is 6.87. The van der Waals surface area contributed by atoms with E-state index in [1.807, 2.05) is 36.9 Å². The van der Waals surface area contributed by atoms with E-state index in [4.69, 9.17) is 13.0 Å². The minimum Gasteiger partial charge on any atom is -0.377 e. The maximum Gasteiger partial charge on any atom is 0.522 e. The molecule has 2 heterocycles. The Kier molecular flexibility index (Phi) is 6.77. The van der Waals surface area contributed by atoms with Gasteiger partial charge in [-0.3, -0.25) is 9.35 Å². The van der Waals surface area contributed by atoms with Gasteiger partial charge in [0.05, 0.1) is 5.69 Å². The molecule has 1 aliphatic heterocycles. The van der Waals surface area contributed by atoms with E-state index in [0.29, 0.717) is 5.69 Å². The van der Waals surface area contributed by atoms with Gasteiger partial charge in [0, 0.05) is 26.3 Å². The molecule has 1 N–H and O–H groups in total. The number of carbonyl (C=O) groups is 1. The number of carbonyl (C=O) groups excluding carboxylic acids is 1. The van der Waals surface area contributed by atoms with E-state index >= 15 is 0 Å². The lowest BCUT2D eigenvalue weighted by Crippen LogP contribution is -2.21. The molecule has 1 aromatic rings. The van der Waals surface area contributed by atoms with Gasteiger partial charge in [-0.15, -0.1) is 0 Å². The number of aromatic nitrogens is 1. The fourth-order valence-electron chi connectivity index (χ4n) is 1.73. The zero-order chi connectivity index (χ0) is 19.3. The molecule has 0 fully saturated rings. The second-order valence-corrected chi connectivity index (χ2v) is 6.49. The molecule has 0 bridgehead atoms. The molecule has 0 unspecified atom stereocenters. The first-order valence-corrected chi connectivity index (χ1v) is 8.31. The summed E-state index contributed by atoms with van der Waals surface area (Å²) in [4.78, 5) is 12.8. The molecule has 1 aliphatic rings. The highest BCUT2D eigenvalue weighted by Crippen LogP contribution is 2.20. The van der Waals surface area contributed by atoms with E-state index in [1.165, 1.54) is 5.57 Å². The number of hydrogen-bond donors (Lipinski definition) is 1. The fourth-order valence-corrected chi connectivity index (χ4v) is 1.73. The Morgan fingerprint density at radius 3 is 2.12 bits per heavy atom. The van der Waals surface area contributed by atoms with Gasteiger partial charge in [0.1, 0.15) is 0 Å². The van der Waals surface area contributed by atoms with Crippen LogP contribution in [0.15, 0.2) is 42.1 Å². The van der Waals surface area contributed by atoms with Crippen molar-refractivity contribution in [3.05, 3.63) is 53.5 Å².